The van der Waals surface area contributed by atoms with Crippen molar-refractivity contribution in [3.63, 3.8) is 0 Å². The number of hydrogen-bond donors (Lipinski definition) is 2. The molecular formula is C61H72N7O11PS. The summed E-state index contributed by atoms with van der Waals surface area (Å²) in [6.07, 6.45) is -0.323. The molecule has 1 saturated heterocycles. The van der Waals surface area contributed by atoms with Crippen LogP contribution in [0.5, 0.6) is 17.2 Å². The topological polar surface area (TPSA) is 196 Å². The SMILES string of the molecule is COc1ccc(C(OCC2OC(n3cnc4c(NC(=O)COc5ccccc5)ncnc43)C(OC)C2OP(OCCSC(=O)C(C)(C)CNC(=O)Cc2ccccc2)N(C(C)C)C(C)C)(c2ccccc2)c2ccc(OC)cc2)cc1. The van der Waals surface area contributed by atoms with E-state index in [0.717, 1.165) is 34.0 Å². The predicted octanol–water partition coefficient (Wildman–Crippen LogP) is 10.2. The molecule has 1 aliphatic heterocycles. The Morgan fingerprint density at radius 2 is 1.32 bits per heavy atom. The van der Waals surface area contributed by atoms with Gasteiger partial charge in [-0.3, -0.25) is 19.0 Å². The van der Waals surface area contributed by atoms with E-state index in [2.05, 4.69) is 53.0 Å². The lowest BCUT2D eigenvalue weighted by Gasteiger charge is -2.39. The van der Waals surface area contributed by atoms with E-state index >= 15 is 0 Å². The lowest BCUT2D eigenvalue weighted by Crippen LogP contribution is -2.42. The molecule has 81 heavy (non-hydrogen) atoms. The van der Waals surface area contributed by atoms with Crippen LogP contribution in [-0.2, 0) is 49.7 Å². The van der Waals surface area contributed by atoms with Crippen molar-refractivity contribution in [1.29, 1.82) is 0 Å². The van der Waals surface area contributed by atoms with Crippen molar-refractivity contribution in [2.24, 2.45) is 5.41 Å². The van der Waals surface area contributed by atoms with Crippen LogP contribution >= 0.6 is 20.3 Å². The molecule has 0 saturated carbocycles. The van der Waals surface area contributed by atoms with Crippen LogP contribution in [0, 0.1) is 5.41 Å². The van der Waals surface area contributed by atoms with Crippen LogP contribution in [0.3, 0.4) is 0 Å². The number of aromatic nitrogens is 4. The second-order valence-electron chi connectivity index (χ2n) is 20.4. The quantitative estimate of drug-likeness (QED) is 0.0267. The number of para-hydroxylation sites is 1. The first-order valence-corrected chi connectivity index (χ1v) is 28.9. The van der Waals surface area contributed by atoms with Gasteiger partial charge < -0.3 is 48.1 Å². The van der Waals surface area contributed by atoms with E-state index in [0.29, 0.717) is 34.2 Å². The number of ether oxygens (including phenoxy) is 6. The number of nitrogens with one attached hydrogen (secondary N) is 2. The van der Waals surface area contributed by atoms with Crippen LogP contribution in [0.1, 0.15) is 70.0 Å². The number of fused-ring (bicyclic) bond motifs is 1. The molecular weight excluding hydrogens is 1070 g/mol. The molecule has 0 aliphatic carbocycles. The van der Waals surface area contributed by atoms with Gasteiger partial charge in [-0.2, -0.15) is 0 Å². The maximum absolute atomic E-state index is 13.8. The summed E-state index contributed by atoms with van der Waals surface area (Å²) >= 11 is 1.15. The Labute approximate surface area is 479 Å². The van der Waals surface area contributed by atoms with Crippen LogP contribution in [0.15, 0.2) is 152 Å². The minimum Gasteiger partial charge on any atom is -0.497 e. The first kappa shape index (κ1) is 60.3. The third kappa shape index (κ3) is 14.8. The van der Waals surface area contributed by atoms with Crippen molar-refractivity contribution in [1.82, 2.24) is 29.5 Å². The number of benzene rings is 5. The van der Waals surface area contributed by atoms with Gasteiger partial charge in [-0.1, -0.05) is 129 Å². The zero-order chi connectivity index (χ0) is 57.5. The molecule has 5 unspecified atom stereocenters. The molecule has 7 aromatic rings. The fourth-order valence-electron chi connectivity index (χ4n) is 9.60. The second-order valence-corrected chi connectivity index (χ2v) is 22.9. The smallest absolute Gasteiger partial charge is 0.263 e. The first-order valence-electron chi connectivity index (χ1n) is 26.8. The average Bonchev–Trinajstić information content (AvgIpc) is 4.12. The highest BCUT2D eigenvalue weighted by atomic mass is 32.2. The van der Waals surface area contributed by atoms with E-state index in [1.807, 2.05) is 141 Å². The molecule has 428 valence electrons. The van der Waals surface area contributed by atoms with Gasteiger partial charge in [-0.15, -0.1) is 0 Å². The molecule has 2 aromatic heterocycles. The highest BCUT2D eigenvalue weighted by molar-refractivity contribution is 8.13. The summed E-state index contributed by atoms with van der Waals surface area (Å²) in [5.41, 5.74) is 1.96. The third-order valence-corrected chi connectivity index (χ3v) is 17.0. The summed E-state index contributed by atoms with van der Waals surface area (Å²) in [5.74, 6) is 1.80. The number of amides is 2. The summed E-state index contributed by atoms with van der Waals surface area (Å²) < 4.78 is 56.2. The van der Waals surface area contributed by atoms with E-state index in [4.69, 9.17) is 42.5 Å². The Hall–Kier alpha value is -6.80. The minimum absolute atomic E-state index is 0.0467. The van der Waals surface area contributed by atoms with Gasteiger partial charge in [0.25, 0.3) is 14.4 Å². The van der Waals surface area contributed by atoms with E-state index in [9.17, 15) is 14.4 Å². The van der Waals surface area contributed by atoms with E-state index < -0.39 is 50.0 Å². The van der Waals surface area contributed by atoms with Gasteiger partial charge in [0, 0.05) is 31.5 Å². The molecule has 2 N–H and O–H groups in total. The number of imidazole rings is 1. The largest absolute Gasteiger partial charge is 0.497 e. The van der Waals surface area contributed by atoms with Crippen molar-refractivity contribution in [3.8, 4) is 17.2 Å². The highest BCUT2D eigenvalue weighted by Gasteiger charge is 2.51. The molecule has 8 rings (SSSR count). The van der Waals surface area contributed by atoms with Gasteiger partial charge in [-0.05, 0) is 86.3 Å². The first-order chi connectivity index (χ1) is 39.1. The third-order valence-electron chi connectivity index (χ3n) is 13.7. The van der Waals surface area contributed by atoms with Crippen molar-refractivity contribution < 1.29 is 51.9 Å². The normalized spacial score (nSPS) is 16.9. The molecule has 2 amide bonds. The average molecular weight is 1140 g/mol. The van der Waals surface area contributed by atoms with Gasteiger partial charge in [-0.25, -0.2) is 19.6 Å². The summed E-state index contributed by atoms with van der Waals surface area (Å²) in [6.45, 7) is 12.0. The van der Waals surface area contributed by atoms with E-state index in [1.54, 1.807) is 44.4 Å². The highest BCUT2D eigenvalue weighted by Crippen LogP contribution is 2.52. The number of methoxy groups -OCH3 is 3. The number of rotatable bonds is 28. The molecule has 0 bridgehead atoms. The van der Waals surface area contributed by atoms with Gasteiger partial charge in [0.2, 0.25) is 5.91 Å². The van der Waals surface area contributed by atoms with Crippen LogP contribution in [-0.4, -0.2) is 125 Å². The van der Waals surface area contributed by atoms with Gasteiger partial charge in [0.05, 0.1) is 45.6 Å². The number of carbonyl (C=O) groups is 3. The lowest BCUT2D eigenvalue weighted by molar-refractivity contribution is -0.122. The van der Waals surface area contributed by atoms with Crippen LogP contribution in [0.4, 0.5) is 5.82 Å². The number of anilines is 1. The summed E-state index contributed by atoms with van der Waals surface area (Å²) in [7, 11) is 2.95. The zero-order valence-corrected chi connectivity index (χ0v) is 48.9. The standard InChI is InChI=1S/C61H72N7O11PS/c1-41(2)68(42(3)4)80(77-33-34-81-59(71)60(5,6)38-62-51(69)35-43-19-13-10-14-20-43)79-54-50(36-76-61(44-21-15-11-16-22-44,45-25-29-47(72-7)30-26-45)46-27-31-48(73-8)32-28-46)78-58(55(54)74-9)67-40-65-53-56(63-39-64-57(53)67)66-52(70)37-75-49-23-17-12-18-24-49/h10-32,39-42,50,54-55,58H,33-38H2,1-9H3,(H,62,69)(H,63,64,66,70). The number of hydrogen-bond acceptors (Lipinski definition) is 16. The van der Waals surface area contributed by atoms with Crippen LogP contribution in [0.2, 0.25) is 0 Å². The summed E-state index contributed by atoms with van der Waals surface area (Å²) in [5, 5.41) is 5.70. The molecule has 5 atom stereocenters. The molecule has 3 heterocycles. The Morgan fingerprint density at radius 1 is 0.728 bits per heavy atom. The van der Waals surface area contributed by atoms with Crippen molar-refractivity contribution >= 4 is 54.2 Å². The van der Waals surface area contributed by atoms with Gasteiger partial charge in [0.1, 0.15) is 47.5 Å². The van der Waals surface area contributed by atoms with E-state index in [-0.39, 0.29) is 61.7 Å². The Morgan fingerprint density at radius 3 is 1.91 bits per heavy atom. The molecule has 1 fully saturated rings. The van der Waals surface area contributed by atoms with Gasteiger partial charge in [0.15, 0.2) is 34.9 Å². The summed E-state index contributed by atoms with van der Waals surface area (Å²) in [4.78, 5) is 53.6. The molecule has 0 radical (unpaired) electrons. The second kappa shape index (κ2) is 28.3. The molecule has 1 aliphatic rings. The minimum atomic E-state index is -1.90. The Kier molecular flexibility index (Phi) is 21.0. The fourth-order valence-corrected chi connectivity index (χ4v) is 12.3. The number of carbonyl (C=O) groups excluding carboxylic acids is 3. The molecule has 18 nitrogen and oxygen atoms in total. The van der Waals surface area contributed by atoms with Crippen molar-refractivity contribution in [2.75, 3.05) is 58.8 Å². The van der Waals surface area contributed by atoms with Crippen LogP contribution < -0.4 is 24.8 Å². The summed E-state index contributed by atoms with van der Waals surface area (Å²) in [6, 6.07) is 44.0. The molecule has 20 heteroatoms. The molecule has 5 aromatic carbocycles. The van der Waals surface area contributed by atoms with Crippen LogP contribution in [0.25, 0.3) is 11.2 Å². The Balaban J connectivity index is 1.11. The number of thioether (sulfide) groups is 1. The zero-order valence-electron chi connectivity index (χ0n) is 47.2. The maximum atomic E-state index is 13.8. The lowest BCUT2D eigenvalue weighted by atomic mass is 9.80. The monoisotopic (exact) mass is 1140 g/mol. The van der Waals surface area contributed by atoms with E-state index in [1.165, 1.54) is 6.33 Å². The maximum Gasteiger partial charge on any atom is 0.263 e. The van der Waals surface area contributed by atoms with Gasteiger partial charge >= 0.3 is 0 Å². The van der Waals surface area contributed by atoms with Crippen molar-refractivity contribution in [3.05, 3.63) is 174 Å². The molecule has 0 spiro atoms. The number of nitrogens with zero attached hydrogens (tertiary/aromatic N) is 5. The fraction of sp³-hybridized carbons (Fsp3) is 0.377. The van der Waals surface area contributed by atoms with Crippen molar-refractivity contribution in [2.45, 2.75) is 90.2 Å². The predicted molar refractivity (Wildman–Crippen MR) is 313 cm³/mol. The Bertz CT molecular complexity index is 3070.